The predicted molar refractivity (Wildman–Crippen MR) is 30.5 cm³/mol. The average molecular weight is 117 g/mol. The van der Waals surface area contributed by atoms with Gasteiger partial charge in [-0.15, -0.1) is 0 Å². The van der Waals surface area contributed by atoms with Gasteiger partial charge in [-0.2, -0.15) is 0 Å². The number of carbonyl (C=O) groups is 1. The van der Waals surface area contributed by atoms with E-state index < -0.39 is 0 Å². The van der Waals surface area contributed by atoms with Gasteiger partial charge in [0.15, 0.2) is 0 Å². The van der Waals surface area contributed by atoms with Gasteiger partial charge < -0.3 is 10.4 Å². The van der Waals surface area contributed by atoms with Gasteiger partial charge in [0.05, 0.1) is 0 Å². The zero-order chi connectivity index (χ0) is 5.28. The van der Waals surface area contributed by atoms with Crippen LogP contribution in [-0.4, -0.2) is 29.9 Å². The van der Waals surface area contributed by atoms with Crippen molar-refractivity contribution in [3.05, 3.63) is 0 Å². The van der Waals surface area contributed by atoms with Crippen LogP contribution in [0.3, 0.4) is 0 Å². The molecule has 1 amide bonds. The molecule has 0 radical (unpaired) electrons. The van der Waals surface area contributed by atoms with Crippen molar-refractivity contribution in [2.24, 2.45) is 0 Å². The lowest BCUT2D eigenvalue weighted by molar-refractivity contribution is -0.126. The molecule has 0 bridgehead atoms. The maximum atomic E-state index is 10.5. The van der Waals surface area contributed by atoms with Gasteiger partial charge in [-0.05, 0) is 6.42 Å². The second-order valence-electron chi connectivity index (χ2n) is 1.92. The molecule has 1 heterocycles. The molecule has 1 rings (SSSR count). The third-order valence-electron chi connectivity index (χ3n) is 1.31. The van der Waals surface area contributed by atoms with Gasteiger partial charge in [0.25, 0.3) is 0 Å². The molecule has 8 heavy (non-hydrogen) atoms. The van der Waals surface area contributed by atoms with Crippen LogP contribution in [0.15, 0.2) is 0 Å². The summed E-state index contributed by atoms with van der Waals surface area (Å²) in [7, 11) is 1.84. The topological polar surface area (TPSA) is 51.8 Å². The van der Waals surface area contributed by atoms with Crippen molar-refractivity contribution in [3.8, 4) is 0 Å². The molecule has 2 N–H and O–H groups in total. The number of likely N-dealkylation sites (tertiary alicyclic amines) is 1. The highest BCUT2D eigenvalue weighted by Crippen LogP contribution is 2.04. The van der Waals surface area contributed by atoms with E-state index in [1.165, 1.54) is 0 Å². The van der Waals surface area contributed by atoms with E-state index in [0.29, 0.717) is 5.91 Å². The third-order valence-corrected chi connectivity index (χ3v) is 1.31. The first-order chi connectivity index (χ1) is 3.30. The Morgan fingerprint density at radius 1 is 1.62 bits per heavy atom. The Hall–Kier alpha value is -0.570. The monoisotopic (exact) mass is 117 g/mol. The summed E-state index contributed by atoms with van der Waals surface area (Å²) in [6.45, 7) is 0.957. The van der Waals surface area contributed by atoms with E-state index in [9.17, 15) is 4.79 Å². The van der Waals surface area contributed by atoms with E-state index in [4.69, 9.17) is 0 Å². The summed E-state index contributed by atoms with van der Waals surface area (Å²) in [5, 5.41) is 0. The molecule has 1 saturated heterocycles. The largest absolute Gasteiger partial charge is 0.412 e. The molecule has 48 valence electrons. The molecule has 3 heteroatoms. The molecule has 0 aromatic carbocycles. The number of hydrogen-bond acceptors (Lipinski definition) is 1. The second-order valence-corrected chi connectivity index (χ2v) is 1.92. The van der Waals surface area contributed by atoms with Crippen molar-refractivity contribution in [1.82, 2.24) is 4.90 Å². The summed E-state index contributed by atoms with van der Waals surface area (Å²) in [4.78, 5) is 12.3. The summed E-state index contributed by atoms with van der Waals surface area (Å²) in [6.07, 6.45) is 1.81. The Morgan fingerprint density at radius 2 is 2.25 bits per heavy atom. The Morgan fingerprint density at radius 3 is 2.38 bits per heavy atom. The first-order valence-electron chi connectivity index (χ1n) is 2.54. The van der Waals surface area contributed by atoms with Crippen LogP contribution in [0, 0.1) is 0 Å². The quantitative estimate of drug-likeness (QED) is 0.418. The van der Waals surface area contributed by atoms with Crippen molar-refractivity contribution >= 4 is 5.91 Å². The zero-order valence-corrected chi connectivity index (χ0v) is 4.98. The van der Waals surface area contributed by atoms with E-state index in [1.807, 2.05) is 7.05 Å². The van der Waals surface area contributed by atoms with Gasteiger partial charge in [-0.3, -0.25) is 4.79 Å². The molecule has 0 saturated carbocycles. The molecule has 0 aromatic rings. The highest BCUT2D eigenvalue weighted by atomic mass is 16.2. The molecule has 1 aliphatic rings. The highest BCUT2D eigenvalue weighted by molar-refractivity contribution is 5.77. The maximum absolute atomic E-state index is 10.5. The van der Waals surface area contributed by atoms with Crippen LogP contribution in [0.25, 0.3) is 0 Å². The van der Waals surface area contributed by atoms with Crippen molar-refractivity contribution in [2.45, 2.75) is 12.8 Å². The maximum Gasteiger partial charge on any atom is 0.222 e. The minimum absolute atomic E-state index is 0. The summed E-state index contributed by atoms with van der Waals surface area (Å²) >= 11 is 0. The lowest BCUT2D eigenvalue weighted by Crippen LogP contribution is -2.17. The number of hydrogen-bond donors (Lipinski definition) is 0. The number of nitrogens with zero attached hydrogens (tertiary/aromatic N) is 1. The van der Waals surface area contributed by atoms with E-state index >= 15 is 0 Å². The lowest BCUT2D eigenvalue weighted by atomic mass is 10.4. The van der Waals surface area contributed by atoms with Crippen LogP contribution in [0.4, 0.5) is 0 Å². The Labute approximate surface area is 48.6 Å². The third kappa shape index (κ3) is 1.20. The number of rotatable bonds is 0. The predicted octanol–water partition coefficient (Wildman–Crippen LogP) is -0.586. The number of carbonyl (C=O) groups excluding carboxylic acids is 1. The molecular weight excluding hydrogens is 106 g/mol. The molecule has 1 aliphatic heterocycles. The van der Waals surface area contributed by atoms with E-state index in [1.54, 1.807) is 4.90 Å². The van der Waals surface area contributed by atoms with Crippen LogP contribution < -0.4 is 0 Å². The first kappa shape index (κ1) is 7.43. The van der Waals surface area contributed by atoms with E-state index in [-0.39, 0.29) is 5.48 Å². The fraction of sp³-hybridized carbons (Fsp3) is 0.800. The summed E-state index contributed by atoms with van der Waals surface area (Å²) in [5.74, 6) is 0.292. The van der Waals surface area contributed by atoms with Crippen molar-refractivity contribution in [2.75, 3.05) is 13.6 Å². The van der Waals surface area contributed by atoms with Gasteiger partial charge in [0, 0.05) is 20.0 Å². The highest BCUT2D eigenvalue weighted by Gasteiger charge is 2.14. The Bertz CT molecular complexity index is 92.4. The van der Waals surface area contributed by atoms with Crippen LogP contribution in [0.5, 0.6) is 0 Å². The van der Waals surface area contributed by atoms with Crippen molar-refractivity contribution in [3.63, 3.8) is 0 Å². The minimum Gasteiger partial charge on any atom is -0.412 e. The normalized spacial score (nSPS) is 18.6. The van der Waals surface area contributed by atoms with Gasteiger partial charge in [0.2, 0.25) is 5.91 Å². The SMILES string of the molecule is CN1CCCC1=O.O. The Kier molecular flexibility index (Phi) is 2.48. The van der Waals surface area contributed by atoms with Gasteiger partial charge in [-0.1, -0.05) is 0 Å². The minimum atomic E-state index is 0. The molecule has 3 nitrogen and oxygen atoms in total. The first-order valence-corrected chi connectivity index (χ1v) is 2.54. The summed E-state index contributed by atoms with van der Waals surface area (Å²) < 4.78 is 0. The molecule has 0 unspecified atom stereocenters. The number of amides is 1. The van der Waals surface area contributed by atoms with Gasteiger partial charge >= 0.3 is 0 Å². The van der Waals surface area contributed by atoms with Crippen LogP contribution in [-0.2, 0) is 4.79 Å². The molecule has 0 atom stereocenters. The smallest absolute Gasteiger partial charge is 0.222 e. The molecule has 0 aromatic heterocycles. The fourth-order valence-corrected chi connectivity index (χ4v) is 0.783. The average Bonchev–Trinajstić information content (AvgIpc) is 1.91. The van der Waals surface area contributed by atoms with Crippen LogP contribution >= 0.6 is 0 Å². The molecular formula is C5H11NO2. The Balaban J connectivity index is 0.000000490. The lowest BCUT2D eigenvalue weighted by Gasteiger charge is -2.03. The second kappa shape index (κ2) is 2.67. The van der Waals surface area contributed by atoms with E-state index in [2.05, 4.69) is 0 Å². The molecule has 0 spiro atoms. The summed E-state index contributed by atoms with van der Waals surface area (Å²) in [5.41, 5.74) is 0. The van der Waals surface area contributed by atoms with Crippen molar-refractivity contribution in [1.29, 1.82) is 0 Å². The van der Waals surface area contributed by atoms with E-state index in [0.717, 1.165) is 19.4 Å². The van der Waals surface area contributed by atoms with Crippen LogP contribution in [0.2, 0.25) is 0 Å². The standard InChI is InChI=1S/C5H9NO.H2O/c1-6-4-2-3-5(6)7;/h2-4H2,1H3;1H2. The molecule has 1 fully saturated rings. The van der Waals surface area contributed by atoms with Crippen molar-refractivity contribution < 1.29 is 10.3 Å². The molecule has 0 aliphatic carbocycles. The van der Waals surface area contributed by atoms with Crippen LogP contribution in [0.1, 0.15) is 12.8 Å². The van der Waals surface area contributed by atoms with Gasteiger partial charge in [-0.25, -0.2) is 0 Å². The van der Waals surface area contributed by atoms with Gasteiger partial charge in [0.1, 0.15) is 0 Å². The fourth-order valence-electron chi connectivity index (χ4n) is 0.783. The summed E-state index contributed by atoms with van der Waals surface area (Å²) in [6, 6.07) is 0. The zero-order valence-electron chi connectivity index (χ0n) is 4.98.